The minimum absolute atomic E-state index is 0.140. The Morgan fingerprint density at radius 3 is 2.15 bits per heavy atom. The van der Waals surface area contributed by atoms with Gasteiger partial charge in [-0.1, -0.05) is 6.07 Å². The third kappa shape index (κ3) is 3.03. The first kappa shape index (κ1) is 15.9. The number of carbonyl (C=O) groups excluding carboxylic acids is 1. The Hall–Kier alpha value is -2.19. The van der Waals surface area contributed by atoms with Crippen LogP contribution in [-0.4, -0.2) is 29.1 Å². The van der Waals surface area contributed by atoms with Gasteiger partial charge < -0.3 is 10.4 Å². The molecular formula is C11H8F5NO3. The molecule has 110 valence electrons. The van der Waals surface area contributed by atoms with Gasteiger partial charge in [-0.25, -0.2) is 4.79 Å². The third-order valence-electron chi connectivity index (χ3n) is 2.37. The lowest BCUT2D eigenvalue weighted by molar-refractivity contribution is -0.267. The Bertz CT molecular complexity index is 553. The first-order valence-electron chi connectivity index (χ1n) is 5.06. The van der Waals surface area contributed by atoms with Gasteiger partial charge in [0, 0.05) is 5.69 Å². The van der Waals surface area contributed by atoms with Crippen LogP contribution < -0.4 is 5.32 Å². The largest absolute Gasteiger partial charge is 0.478 e. The van der Waals surface area contributed by atoms with Gasteiger partial charge in [-0.15, -0.1) is 0 Å². The highest BCUT2D eigenvalue weighted by molar-refractivity contribution is 5.98. The van der Waals surface area contributed by atoms with Crippen LogP contribution in [0.15, 0.2) is 18.2 Å². The van der Waals surface area contributed by atoms with Gasteiger partial charge in [-0.05, 0) is 24.6 Å². The number of halogens is 5. The van der Waals surface area contributed by atoms with Crippen molar-refractivity contribution in [3.05, 3.63) is 29.3 Å². The van der Waals surface area contributed by atoms with Gasteiger partial charge in [0.05, 0.1) is 5.56 Å². The van der Waals surface area contributed by atoms with E-state index in [9.17, 15) is 31.5 Å². The van der Waals surface area contributed by atoms with E-state index in [-0.39, 0.29) is 11.1 Å². The zero-order valence-corrected chi connectivity index (χ0v) is 9.89. The van der Waals surface area contributed by atoms with Gasteiger partial charge in [0.2, 0.25) is 0 Å². The predicted octanol–water partition coefficient (Wildman–Crippen LogP) is 2.83. The minimum Gasteiger partial charge on any atom is -0.478 e. The normalized spacial score (nSPS) is 12.1. The molecule has 0 radical (unpaired) electrons. The van der Waals surface area contributed by atoms with E-state index >= 15 is 0 Å². The molecule has 0 aliphatic heterocycles. The van der Waals surface area contributed by atoms with E-state index in [1.165, 1.54) is 18.3 Å². The van der Waals surface area contributed by atoms with Crippen LogP contribution in [0, 0.1) is 6.92 Å². The van der Waals surface area contributed by atoms with Crippen molar-refractivity contribution in [1.82, 2.24) is 0 Å². The number of alkyl halides is 5. The number of carbonyl (C=O) groups is 2. The summed E-state index contributed by atoms with van der Waals surface area (Å²) < 4.78 is 61.5. The standard InChI is InChI=1S/C11H8F5NO3/c1-5-2-3-6(8(18)19)4-7(5)17-9(20)10(12,13)11(14,15)16/h2-4H,1H3,(H,17,20)(H,18,19). The lowest BCUT2D eigenvalue weighted by atomic mass is 10.1. The van der Waals surface area contributed by atoms with Crippen LogP contribution in [0.1, 0.15) is 15.9 Å². The van der Waals surface area contributed by atoms with Crippen molar-refractivity contribution in [2.24, 2.45) is 0 Å². The highest BCUT2D eigenvalue weighted by atomic mass is 19.4. The Labute approximate surface area is 109 Å². The molecule has 2 N–H and O–H groups in total. The smallest absolute Gasteiger partial charge is 0.463 e. The van der Waals surface area contributed by atoms with Crippen LogP contribution in [-0.2, 0) is 4.79 Å². The number of carboxylic acid groups (broad SMARTS) is 1. The molecule has 0 aliphatic rings. The molecule has 20 heavy (non-hydrogen) atoms. The van der Waals surface area contributed by atoms with Gasteiger partial charge in [0.25, 0.3) is 0 Å². The molecule has 1 aromatic rings. The second-order valence-electron chi connectivity index (χ2n) is 3.86. The lowest BCUT2D eigenvalue weighted by Crippen LogP contribution is -2.47. The van der Waals surface area contributed by atoms with Gasteiger partial charge in [-0.2, -0.15) is 22.0 Å². The van der Waals surface area contributed by atoms with E-state index in [0.717, 1.165) is 12.1 Å². The quantitative estimate of drug-likeness (QED) is 0.843. The van der Waals surface area contributed by atoms with Crippen LogP contribution in [0.2, 0.25) is 0 Å². The first-order chi connectivity index (χ1) is 8.96. The average Bonchev–Trinajstić information content (AvgIpc) is 2.29. The van der Waals surface area contributed by atoms with Gasteiger partial charge in [0.1, 0.15) is 0 Å². The second-order valence-corrected chi connectivity index (χ2v) is 3.86. The number of nitrogens with one attached hydrogen (secondary N) is 1. The van der Waals surface area contributed by atoms with E-state index < -0.39 is 29.7 Å². The molecular weight excluding hydrogens is 289 g/mol. The summed E-state index contributed by atoms with van der Waals surface area (Å²) in [5.41, 5.74) is -0.652. The fourth-order valence-corrected chi connectivity index (χ4v) is 1.22. The molecule has 0 saturated heterocycles. The highest BCUT2D eigenvalue weighted by Gasteiger charge is 2.63. The number of rotatable bonds is 3. The fourth-order valence-electron chi connectivity index (χ4n) is 1.22. The summed E-state index contributed by atoms with van der Waals surface area (Å²) in [4.78, 5) is 21.7. The molecule has 1 aromatic carbocycles. The number of amides is 1. The summed E-state index contributed by atoms with van der Waals surface area (Å²) in [7, 11) is 0. The monoisotopic (exact) mass is 297 g/mol. The summed E-state index contributed by atoms with van der Waals surface area (Å²) in [6, 6.07) is 3.09. The summed E-state index contributed by atoms with van der Waals surface area (Å²) in [5, 5.41) is 10.1. The molecule has 0 spiro atoms. The molecule has 0 atom stereocenters. The number of carboxylic acids is 1. The summed E-state index contributed by atoms with van der Waals surface area (Å²) >= 11 is 0. The molecule has 0 bridgehead atoms. The molecule has 4 nitrogen and oxygen atoms in total. The zero-order valence-electron chi connectivity index (χ0n) is 9.89. The number of aryl methyl sites for hydroxylation is 1. The summed E-state index contributed by atoms with van der Waals surface area (Å²) in [6.45, 7) is 1.31. The molecule has 0 fully saturated rings. The number of hydrogen-bond donors (Lipinski definition) is 2. The van der Waals surface area contributed by atoms with Crippen LogP contribution in [0.25, 0.3) is 0 Å². The minimum atomic E-state index is -6.03. The number of hydrogen-bond acceptors (Lipinski definition) is 2. The summed E-state index contributed by atoms with van der Waals surface area (Å²) in [5.74, 6) is -9.56. The Morgan fingerprint density at radius 1 is 1.15 bits per heavy atom. The molecule has 1 amide bonds. The van der Waals surface area contributed by atoms with Gasteiger partial charge in [-0.3, -0.25) is 4.79 Å². The van der Waals surface area contributed by atoms with Crippen LogP contribution in [0.5, 0.6) is 0 Å². The van der Waals surface area contributed by atoms with E-state index in [4.69, 9.17) is 5.11 Å². The Morgan fingerprint density at radius 2 is 1.70 bits per heavy atom. The van der Waals surface area contributed by atoms with Gasteiger partial charge in [0.15, 0.2) is 0 Å². The van der Waals surface area contributed by atoms with Crippen LogP contribution >= 0.6 is 0 Å². The zero-order chi connectivity index (χ0) is 15.7. The lowest BCUT2D eigenvalue weighted by Gasteiger charge is -2.19. The first-order valence-corrected chi connectivity index (χ1v) is 5.06. The maximum atomic E-state index is 12.7. The van der Waals surface area contributed by atoms with E-state index in [1.54, 1.807) is 0 Å². The Balaban J connectivity index is 3.08. The van der Waals surface area contributed by atoms with E-state index in [1.807, 2.05) is 0 Å². The molecule has 1 rings (SSSR count). The second kappa shape index (κ2) is 5.06. The average molecular weight is 297 g/mol. The summed E-state index contributed by atoms with van der Waals surface area (Å²) in [6.07, 6.45) is -6.03. The molecule has 0 unspecified atom stereocenters. The van der Waals surface area contributed by atoms with Gasteiger partial charge >= 0.3 is 24.0 Å². The number of anilines is 1. The molecule has 9 heteroatoms. The van der Waals surface area contributed by atoms with Crippen molar-refractivity contribution in [1.29, 1.82) is 0 Å². The number of aromatic carboxylic acids is 1. The van der Waals surface area contributed by atoms with Crippen molar-refractivity contribution >= 4 is 17.6 Å². The Kier molecular flexibility index (Phi) is 4.02. The predicted molar refractivity (Wildman–Crippen MR) is 57.8 cm³/mol. The fraction of sp³-hybridized carbons (Fsp3) is 0.273. The maximum Gasteiger partial charge on any atom is 0.463 e. The molecule has 0 aliphatic carbocycles. The molecule has 0 saturated carbocycles. The van der Waals surface area contributed by atoms with Crippen molar-refractivity contribution in [3.63, 3.8) is 0 Å². The van der Waals surface area contributed by atoms with E-state index in [0.29, 0.717) is 0 Å². The third-order valence-corrected chi connectivity index (χ3v) is 2.37. The molecule has 0 heterocycles. The van der Waals surface area contributed by atoms with Crippen molar-refractivity contribution in [3.8, 4) is 0 Å². The SMILES string of the molecule is Cc1ccc(C(=O)O)cc1NC(=O)C(F)(F)C(F)(F)F. The van der Waals surface area contributed by atoms with Crippen molar-refractivity contribution < 1.29 is 36.6 Å². The van der Waals surface area contributed by atoms with Crippen molar-refractivity contribution in [2.75, 3.05) is 5.32 Å². The van der Waals surface area contributed by atoms with Crippen molar-refractivity contribution in [2.45, 2.75) is 19.0 Å². The number of benzene rings is 1. The highest BCUT2D eigenvalue weighted by Crippen LogP contribution is 2.36. The topological polar surface area (TPSA) is 66.4 Å². The van der Waals surface area contributed by atoms with Crippen LogP contribution in [0.4, 0.5) is 27.6 Å². The van der Waals surface area contributed by atoms with Crippen LogP contribution in [0.3, 0.4) is 0 Å². The molecule has 0 aromatic heterocycles. The maximum absolute atomic E-state index is 12.7. The van der Waals surface area contributed by atoms with E-state index in [2.05, 4.69) is 0 Å².